The maximum Gasteiger partial charge on any atom is 0.134 e. The molecule has 0 aliphatic heterocycles. The molecule has 1 heterocycles. The highest BCUT2D eigenvalue weighted by Gasteiger charge is 1.96. The Morgan fingerprint density at radius 3 is 2.90 bits per heavy atom. The second-order valence-corrected chi connectivity index (χ2v) is 2.16. The van der Waals surface area contributed by atoms with Gasteiger partial charge >= 0.3 is 0 Å². The maximum atomic E-state index is 8.93. The van der Waals surface area contributed by atoms with Gasteiger partial charge in [0, 0.05) is 6.54 Å². The molecule has 0 aromatic carbocycles. The van der Waals surface area contributed by atoms with Crippen LogP contribution in [0.5, 0.6) is 5.75 Å². The summed E-state index contributed by atoms with van der Waals surface area (Å²) in [6.07, 6.45) is 1.40. The minimum atomic E-state index is 0.190. The number of aryl methyl sites for hydroxylation is 1. The highest BCUT2D eigenvalue weighted by molar-refractivity contribution is 5.26. The van der Waals surface area contributed by atoms with Gasteiger partial charge in [-0.05, 0) is 18.6 Å². The van der Waals surface area contributed by atoms with Crippen LogP contribution >= 0.6 is 0 Å². The first-order chi connectivity index (χ1) is 4.74. The average molecular weight is 138 g/mol. The van der Waals surface area contributed by atoms with Gasteiger partial charge in [0.2, 0.25) is 0 Å². The summed E-state index contributed by atoms with van der Waals surface area (Å²) >= 11 is 0. The SMILES string of the molecule is Cc1cc(O)cnc1CN. The van der Waals surface area contributed by atoms with Gasteiger partial charge in [0.25, 0.3) is 0 Å². The maximum absolute atomic E-state index is 8.93. The van der Waals surface area contributed by atoms with E-state index in [2.05, 4.69) is 4.98 Å². The third kappa shape index (κ3) is 1.25. The topological polar surface area (TPSA) is 59.1 Å². The van der Waals surface area contributed by atoms with E-state index in [1.165, 1.54) is 6.20 Å². The fourth-order valence-corrected chi connectivity index (χ4v) is 0.802. The van der Waals surface area contributed by atoms with Crippen LogP contribution in [0.3, 0.4) is 0 Å². The number of pyridine rings is 1. The third-order valence-corrected chi connectivity index (χ3v) is 1.37. The lowest BCUT2D eigenvalue weighted by Crippen LogP contribution is -2.01. The van der Waals surface area contributed by atoms with E-state index in [9.17, 15) is 0 Å². The summed E-state index contributed by atoms with van der Waals surface area (Å²) in [7, 11) is 0. The standard InChI is InChI=1S/C7H10N2O/c1-5-2-6(10)4-9-7(5)3-8/h2,4,10H,3,8H2,1H3. The Hall–Kier alpha value is -1.09. The number of hydrogen-bond donors (Lipinski definition) is 2. The lowest BCUT2D eigenvalue weighted by Gasteiger charge is -2.00. The van der Waals surface area contributed by atoms with Crippen LogP contribution in [0.15, 0.2) is 12.3 Å². The first-order valence-electron chi connectivity index (χ1n) is 3.08. The lowest BCUT2D eigenvalue weighted by atomic mass is 10.2. The fourth-order valence-electron chi connectivity index (χ4n) is 0.802. The van der Waals surface area contributed by atoms with Crippen LogP contribution in [0.25, 0.3) is 0 Å². The van der Waals surface area contributed by atoms with Gasteiger partial charge in [-0.25, -0.2) is 0 Å². The summed E-state index contributed by atoms with van der Waals surface area (Å²) in [5.41, 5.74) is 7.12. The van der Waals surface area contributed by atoms with Crippen molar-refractivity contribution in [2.75, 3.05) is 0 Å². The molecule has 3 N–H and O–H groups in total. The van der Waals surface area contributed by atoms with E-state index in [1.54, 1.807) is 6.07 Å². The zero-order valence-electron chi connectivity index (χ0n) is 5.83. The summed E-state index contributed by atoms with van der Waals surface area (Å²) in [6.45, 7) is 2.29. The highest BCUT2D eigenvalue weighted by Crippen LogP contribution is 2.11. The van der Waals surface area contributed by atoms with Gasteiger partial charge in [-0.1, -0.05) is 0 Å². The predicted molar refractivity (Wildman–Crippen MR) is 38.5 cm³/mol. The second-order valence-electron chi connectivity index (χ2n) is 2.16. The van der Waals surface area contributed by atoms with Crippen molar-refractivity contribution < 1.29 is 5.11 Å². The average Bonchev–Trinajstić information content (AvgIpc) is 1.88. The molecular formula is C7H10N2O. The van der Waals surface area contributed by atoms with Crippen molar-refractivity contribution in [3.8, 4) is 5.75 Å². The van der Waals surface area contributed by atoms with Crippen LogP contribution in [0, 0.1) is 6.92 Å². The van der Waals surface area contributed by atoms with E-state index in [0.717, 1.165) is 11.3 Å². The number of rotatable bonds is 1. The van der Waals surface area contributed by atoms with Crippen LogP contribution < -0.4 is 5.73 Å². The second kappa shape index (κ2) is 2.66. The molecule has 3 heteroatoms. The van der Waals surface area contributed by atoms with Crippen molar-refractivity contribution in [2.45, 2.75) is 13.5 Å². The van der Waals surface area contributed by atoms with E-state index >= 15 is 0 Å². The molecule has 10 heavy (non-hydrogen) atoms. The van der Waals surface area contributed by atoms with Gasteiger partial charge in [-0.2, -0.15) is 0 Å². The first-order valence-corrected chi connectivity index (χ1v) is 3.08. The van der Waals surface area contributed by atoms with Crippen LogP contribution in [-0.2, 0) is 6.54 Å². The quantitative estimate of drug-likeness (QED) is 0.596. The molecular weight excluding hydrogens is 128 g/mol. The number of aromatic nitrogens is 1. The Balaban J connectivity index is 3.07. The zero-order valence-corrected chi connectivity index (χ0v) is 5.83. The van der Waals surface area contributed by atoms with Crippen molar-refractivity contribution in [3.05, 3.63) is 23.5 Å². The summed E-state index contributed by atoms with van der Waals surface area (Å²) < 4.78 is 0. The fraction of sp³-hybridized carbons (Fsp3) is 0.286. The van der Waals surface area contributed by atoms with Crippen molar-refractivity contribution in [1.82, 2.24) is 4.98 Å². The molecule has 0 spiro atoms. The number of nitrogens with zero attached hydrogens (tertiary/aromatic N) is 1. The molecule has 0 atom stereocenters. The van der Waals surface area contributed by atoms with E-state index in [4.69, 9.17) is 10.8 Å². The smallest absolute Gasteiger partial charge is 0.134 e. The minimum Gasteiger partial charge on any atom is -0.506 e. The molecule has 0 saturated carbocycles. The number of hydrogen-bond acceptors (Lipinski definition) is 3. The van der Waals surface area contributed by atoms with Crippen molar-refractivity contribution in [3.63, 3.8) is 0 Å². The predicted octanol–water partition coefficient (Wildman–Crippen LogP) is 0.554. The third-order valence-electron chi connectivity index (χ3n) is 1.37. The Morgan fingerprint density at radius 2 is 2.40 bits per heavy atom. The molecule has 1 aromatic heterocycles. The van der Waals surface area contributed by atoms with Crippen LogP contribution in [0.2, 0.25) is 0 Å². The summed E-state index contributed by atoms with van der Waals surface area (Å²) in [5.74, 6) is 0.190. The molecule has 3 nitrogen and oxygen atoms in total. The Morgan fingerprint density at radius 1 is 1.70 bits per heavy atom. The number of nitrogens with two attached hydrogens (primary N) is 1. The molecule has 0 unspecified atom stereocenters. The molecule has 0 fully saturated rings. The van der Waals surface area contributed by atoms with Crippen molar-refractivity contribution in [1.29, 1.82) is 0 Å². The Bertz CT molecular complexity index is 235. The molecule has 54 valence electrons. The van der Waals surface area contributed by atoms with Crippen molar-refractivity contribution in [2.24, 2.45) is 5.73 Å². The molecule has 0 saturated heterocycles. The van der Waals surface area contributed by atoms with Crippen molar-refractivity contribution >= 4 is 0 Å². The molecule has 0 aliphatic rings. The molecule has 1 rings (SSSR count). The summed E-state index contributed by atoms with van der Waals surface area (Å²) in [5, 5.41) is 8.93. The molecule has 0 amide bonds. The van der Waals surface area contributed by atoms with Crippen LogP contribution in [0.4, 0.5) is 0 Å². The molecule has 1 aromatic rings. The molecule has 0 aliphatic carbocycles. The summed E-state index contributed by atoms with van der Waals surface area (Å²) in [6, 6.07) is 1.65. The van der Waals surface area contributed by atoms with E-state index < -0.39 is 0 Å². The molecule has 0 bridgehead atoms. The largest absolute Gasteiger partial charge is 0.506 e. The first kappa shape index (κ1) is 7.02. The Kier molecular flexibility index (Phi) is 1.87. The van der Waals surface area contributed by atoms with Gasteiger partial charge in [0.15, 0.2) is 0 Å². The van der Waals surface area contributed by atoms with Crippen LogP contribution in [0.1, 0.15) is 11.3 Å². The monoisotopic (exact) mass is 138 g/mol. The van der Waals surface area contributed by atoms with Gasteiger partial charge in [-0.3, -0.25) is 4.98 Å². The summed E-state index contributed by atoms with van der Waals surface area (Å²) in [4.78, 5) is 3.92. The van der Waals surface area contributed by atoms with Gasteiger partial charge in [0.05, 0.1) is 11.9 Å². The van der Waals surface area contributed by atoms with E-state index in [-0.39, 0.29) is 5.75 Å². The van der Waals surface area contributed by atoms with E-state index in [1.807, 2.05) is 6.92 Å². The van der Waals surface area contributed by atoms with Gasteiger partial charge < -0.3 is 10.8 Å². The van der Waals surface area contributed by atoms with E-state index in [0.29, 0.717) is 6.54 Å². The zero-order chi connectivity index (χ0) is 7.56. The normalized spacial score (nSPS) is 9.80. The van der Waals surface area contributed by atoms with Gasteiger partial charge in [-0.15, -0.1) is 0 Å². The van der Waals surface area contributed by atoms with Gasteiger partial charge in [0.1, 0.15) is 5.75 Å². The highest BCUT2D eigenvalue weighted by atomic mass is 16.3. The molecule has 0 radical (unpaired) electrons. The minimum absolute atomic E-state index is 0.190. The lowest BCUT2D eigenvalue weighted by molar-refractivity contribution is 0.471. The Labute approximate surface area is 59.5 Å². The number of aromatic hydroxyl groups is 1. The van der Waals surface area contributed by atoms with Crippen LogP contribution in [-0.4, -0.2) is 10.1 Å².